The number of ether oxygens (including phenoxy) is 2. The quantitative estimate of drug-likeness (QED) is 0.890. The predicted octanol–water partition coefficient (Wildman–Crippen LogP) is 1.34. The molecule has 1 fully saturated rings. The summed E-state index contributed by atoms with van der Waals surface area (Å²) in [7, 11) is 0. The highest BCUT2D eigenvalue weighted by Crippen LogP contribution is 2.33. The summed E-state index contributed by atoms with van der Waals surface area (Å²) in [4.78, 5) is 26.0. The molecule has 2 aliphatic heterocycles. The van der Waals surface area contributed by atoms with E-state index in [1.54, 1.807) is 11.8 Å². The van der Waals surface area contributed by atoms with Crippen LogP contribution in [0.5, 0.6) is 5.75 Å². The Morgan fingerprint density at radius 2 is 2.22 bits per heavy atom. The van der Waals surface area contributed by atoms with E-state index < -0.39 is 6.10 Å². The number of anilines is 1. The molecule has 2 atom stereocenters. The predicted molar refractivity (Wildman–Crippen MR) is 85.4 cm³/mol. The number of carbonyl (C=O) groups is 2. The van der Waals surface area contributed by atoms with Crippen molar-refractivity contribution in [2.45, 2.75) is 25.9 Å². The van der Waals surface area contributed by atoms with Crippen LogP contribution >= 0.6 is 0 Å². The molecule has 0 aromatic heterocycles. The molecule has 0 radical (unpaired) electrons. The molecule has 0 spiro atoms. The van der Waals surface area contributed by atoms with Gasteiger partial charge in [-0.15, -0.1) is 0 Å². The number of carbonyl (C=O) groups excluding carboxylic acids is 2. The van der Waals surface area contributed by atoms with E-state index in [2.05, 4.69) is 5.32 Å². The Balaban J connectivity index is 1.56. The third-order valence-electron chi connectivity index (χ3n) is 4.25. The highest BCUT2D eigenvalue weighted by atomic mass is 16.5. The lowest BCUT2D eigenvalue weighted by Crippen LogP contribution is -2.46. The van der Waals surface area contributed by atoms with Crippen LogP contribution in [0.3, 0.4) is 0 Å². The number of para-hydroxylation sites is 2. The van der Waals surface area contributed by atoms with Crippen molar-refractivity contribution in [2.24, 2.45) is 5.92 Å². The van der Waals surface area contributed by atoms with Crippen LogP contribution in [0.15, 0.2) is 24.3 Å². The van der Waals surface area contributed by atoms with Gasteiger partial charge in [0, 0.05) is 32.0 Å². The van der Waals surface area contributed by atoms with Crippen LogP contribution in [0, 0.1) is 5.92 Å². The van der Waals surface area contributed by atoms with E-state index in [0.29, 0.717) is 31.4 Å². The zero-order valence-electron chi connectivity index (χ0n) is 13.3. The van der Waals surface area contributed by atoms with Gasteiger partial charge in [-0.1, -0.05) is 12.1 Å². The fraction of sp³-hybridized carbons (Fsp3) is 0.529. The van der Waals surface area contributed by atoms with Gasteiger partial charge in [-0.2, -0.15) is 0 Å². The van der Waals surface area contributed by atoms with Gasteiger partial charge in [0.1, 0.15) is 5.75 Å². The van der Waals surface area contributed by atoms with Crippen LogP contribution in [-0.4, -0.2) is 44.2 Å². The van der Waals surface area contributed by atoms with Crippen molar-refractivity contribution in [1.82, 2.24) is 5.32 Å². The van der Waals surface area contributed by atoms with Gasteiger partial charge in [-0.3, -0.25) is 9.59 Å². The van der Waals surface area contributed by atoms with Crippen molar-refractivity contribution in [2.75, 3.05) is 31.2 Å². The van der Waals surface area contributed by atoms with E-state index >= 15 is 0 Å². The fourth-order valence-corrected chi connectivity index (χ4v) is 2.89. The first-order chi connectivity index (χ1) is 11.1. The summed E-state index contributed by atoms with van der Waals surface area (Å²) in [6, 6.07) is 7.41. The monoisotopic (exact) mass is 318 g/mol. The molecule has 2 heterocycles. The number of rotatable bonds is 5. The van der Waals surface area contributed by atoms with E-state index in [4.69, 9.17) is 9.47 Å². The number of benzene rings is 1. The molecule has 2 aliphatic rings. The first kappa shape index (κ1) is 15.8. The normalized spacial score (nSPS) is 23.3. The molecule has 124 valence electrons. The molecule has 1 saturated heterocycles. The molecule has 2 amide bonds. The number of nitrogens with zero attached hydrogens (tertiary/aromatic N) is 1. The zero-order valence-corrected chi connectivity index (χ0v) is 13.3. The average Bonchev–Trinajstić information content (AvgIpc) is 3.07. The van der Waals surface area contributed by atoms with Gasteiger partial charge in [-0.25, -0.2) is 0 Å². The Hall–Kier alpha value is -2.08. The molecular weight excluding hydrogens is 296 g/mol. The van der Waals surface area contributed by atoms with Gasteiger partial charge in [0.2, 0.25) is 5.91 Å². The molecule has 0 unspecified atom stereocenters. The van der Waals surface area contributed by atoms with Crippen molar-refractivity contribution >= 4 is 17.5 Å². The highest BCUT2D eigenvalue weighted by molar-refractivity contribution is 6.00. The maximum Gasteiger partial charge on any atom is 0.267 e. The maximum absolute atomic E-state index is 12.3. The summed E-state index contributed by atoms with van der Waals surface area (Å²) in [6.45, 7) is 4.22. The summed E-state index contributed by atoms with van der Waals surface area (Å²) in [5.41, 5.74) is 0.729. The minimum absolute atomic E-state index is 0.0404. The fourth-order valence-electron chi connectivity index (χ4n) is 2.89. The van der Waals surface area contributed by atoms with Crippen molar-refractivity contribution in [3.8, 4) is 5.75 Å². The molecule has 0 bridgehead atoms. The maximum atomic E-state index is 12.3. The number of hydrogen-bond acceptors (Lipinski definition) is 4. The molecule has 1 aromatic rings. The number of nitrogens with one attached hydrogen (secondary N) is 1. The second-order valence-corrected chi connectivity index (χ2v) is 6.00. The lowest BCUT2D eigenvalue weighted by Gasteiger charge is -2.32. The third-order valence-corrected chi connectivity index (χ3v) is 4.25. The molecule has 6 nitrogen and oxygen atoms in total. The van der Waals surface area contributed by atoms with Crippen LogP contribution in [0.2, 0.25) is 0 Å². The average molecular weight is 318 g/mol. The van der Waals surface area contributed by atoms with Gasteiger partial charge in [0.05, 0.1) is 12.3 Å². The second kappa shape index (κ2) is 7.00. The smallest absolute Gasteiger partial charge is 0.267 e. The van der Waals surface area contributed by atoms with E-state index in [9.17, 15) is 9.59 Å². The summed E-state index contributed by atoms with van der Waals surface area (Å²) in [5.74, 6) is 0.940. The minimum atomic E-state index is -0.524. The van der Waals surface area contributed by atoms with Crippen molar-refractivity contribution in [1.29, 1.82) is 0 Å². The Labute approximate surface area is 135 Å². The van der Waals surface area contributed by atoms with Crippen molar-refractivity contribution < 1.29 is 19.1 Å². The minimum Gasteiger partial charge on any atom is -0.479 e. The van der Waals surface area contributed by atoms with Gasteiger partial charge < -0.3 is 19.7 Å². The number of hydrogen-bond donors (Lipinski definition) is 1. The van der Waals surface area contributed by atoms with E-state index in [1.807, 2.05) is 24.3 Å². The van der Waals surface area contributed by atoms with Crippen LogP contribution in [-0.2, 0) is 14.3 Å². The first-order valence-electron chi connectivity index (χ1n) is 8.06. The summed E-state index contributed by atoms with van der Waals surface area (Å²) >= 11 is 0. The van der Waals surface area contributed by atoms with E-state index in [-0.39, 0.29) is 18.2 Å². The molecule has 6 heteroatoms. The topological polar surface area (TPSA) is 67.9 Å². The second-order valence-electron chi connectivity index (χ2n) is 6.00. The number of amides is 2. The summed E-state index contributed by atoms with van der Waals surface area (Å²) in [6.07, 6.45) is 0.747. The Morgan fingerprint density at radius 1 is 1.39 bits per heavy atom. The molecular formula is C17H22N2O4. The Bertz CT molecular complexity index is 584. The summed E-state index contributed by atoms with van der Waals surface area (Å²) < 4.78 is 10.9. The van der Waals surface area contributed by atoms with Gasteiger partial charge in [-0.05, 0) is 25.5 Å². The first-order valence-corrected chi connectivity index (χ1v) is 8.06. The molecule has 3 rings (SSSR count). The summed E-state index contributed by atoms with van der Waals surface area (Å²) in [5, 5.41) is 2.93. The van der Waals surface area contributed by atoms with Gasteiger partial charge >= 0.3 is 0 Å². The molecule has 0 saturated carbocycles. The Kier molecular flexibility index (Phi) is 4.81. The molecule has 1 N–H and O–H groups in total. The Morgan fingerprint density at radius 3 is 3.00 bits per heavy atom. The largest absolute Gasteiger partial charge is 0.479 e. The standard InChI is InChI=1S/C17H22N2O4/c1-12-17(21)19(14-4-2-3-5-15(14)23-12)8-6-16(20)18-10-13-7-9-22-11-13/h2-5,12-13H,6-11H2,1H3,(H,18,20)/t12-,13-/m1/s1. The van der Waals surface area contributed by atoms with E-state index in [1.165, 1.54) is 0 Å². The lowest BCUT2D eigenvalue weighted by atomic mass is 10.1. The SMILES string of the molecule is C[C@H]1Oc2ccccc2N(CCC(=O)NC[C@H]2CCOC2)C1=O. The van der Waals surface area contributed by atoms with Crippen molar-refractivity contribution in [3.05, 3.63) is 24.3 Å². The van der Waals surface area contributed by atoms with Gasteiger partial charge in [0.15, 0.2) is 6.10 Å². The zero-order chi connectivity index (χ0) is 16.2. The van der Waals surface area contributed by atoms with E-state index in [0.717, 1.165) is 18.7 Å². The van der Waals surface area contributed by atoms with Crippen LogP contribution < -0.4 is 15.0 Å². The lowest BCUT2D eigenvalue weighted by molar-refractivity contribution is -0.125. The number of fused-ring (bicyclic) bond motifs is 1. The highest BCUT2D eigenvalue weighted by Gasteiger charge is 2.31. The third kappa shape index (κ3) is 3.64. The van der Waals surface area contributed by atoms with Crippen molar-refractivity contribution in [3.63, 3.8) is 0 Å². The van der Waals surface area contributed by atoms with Gasteiger partial charge in [0.25, 0.3) is 5.91 Å². The molecule has 1 aromatic carbocycles. The van der Waals surface area contributed by atoms with Crippen LogP contribution in [0.1, 0.15) is 19.8 Å². The van der Waals surface area contributed by atoms with Crippen LogP contribution in [0.25, 0.3) is 0 Å². The molecule has 0 aliphatic carbocycles. The molecule has 23 heavy (non-hydrogen) atoms. The van der Waals surface area contributed by atoms with Crippen LogP contribution in [0.4, 0.5) is 5.69 Å².